The second-order valence-corrected chi connectivity index (χ2v) is 5.04. The van der Waals surface area contributed by atoms with Crippen molar-refractivity contribution >= 4 is 23.3 Å². The summed E-state index contributed by atoms with van der Waals surface area (Å²) < 4.78 is 0. The number of amides is 3. The van der Waals surface area contributed by atoms with Crippen LogP contribution in [0.25, 0.3) is 0 Å². The topological polar surface area (TPSA) is 96.2 Å². The van der Waals surface area contributed by atoms with Crippen LogP contribution in [-0.2, 0) is 4.79 Å². The average molecular weight is 276 g/mol. The minimum Gasteiger partial charge on any atom is -0.341 e. The molecule has 0 spiro atoms. The molecule has 1 aliphatic carbocycles. The molecule has 0 saturated heterocycles. The first-order chi connectivity index (χ1) is 9.58. The standard InChI is InChI=1S/C14H20N4O2/c1-16-14(20)18-12-6-4-11(5-7-12)17-13(19)9-2-3-10(15)8-9/h4-7,9-10H,2-3,8,15H2,1H3,(H,17,19)(H2,16,18,20). The fourth-order valence-corrected chi connectivity index (χ4v) is 2.33. The van der Waals surface area contributed by atoms with Gasteiger partial charge in [-0.2, -0.15) is 0 Å². The maximum atomic E-state index is 12.0. The van der Waals surface area contributed by atoms with Crippen LogP contribution in [-0.4, -0.2) is 25.0 Å². The van der Waals surface area contributed by atoms with E-state index in [1.165, 1.54) is 0 Å². The van der Waals surface area contributed by atoms with E-state index in [4.69, 9.17) is 5.73 Å². The fraction of sp³-hybridized carbons (Fsp3) is 0.429. The van der Waals surface area contributed by atoms with Gasteiger partial charge in [0.15, 0.2) is 0 Å². The number of nitrogens with two attached hydrogens (primary N) is 1. The van der Waals surface area contributed by atoms with E-state index in [9.17, 15) is 9.59 Å². The first kappa shape index (κ1) is 14.3. The van der Waals surface area contributed by atoms with Crippen molar-refractivity contribution in [1.82, 2.24) is 5.32 Å². The number of carbonyl (C=O) groups is 2. The van der Waals surface area contributed by atoms with E-state index in [0.29, 0.717) is 5.69 Å². The number of rotatable bonds is 3. The highest BCUT2D eigenvalue weighted by Crippen LogP contribution is 2.25. The normalized spacial score (nSPS) is 21.3. The van der Waals surface area contributed by atoms with Gasteiger partial charge >= 0.3 is 6.03 Å². The van der Waals surface area contributed by atoms with Crippen LogP contribution in [0.2, 0.25) is 0 Å². The molecule has 20 heavy (non-hydrogen) atoms. The first-order valence-corrected chi connectivity index (χ1v) is 6.73. The van der Waals surface area contributed by atoms with Crippen LogP contribution >= 0.6 is 0 Å². The Morgan fingerprint density at radius 1 is 1.10 bits per heavy atom. The number of hydrogen-bond donors (Lipinski definition) is 4. The van der Waals surface area contributed by atoms with Gasteiger partial charge in [-0.05, 0) is 43.5 Å². The van der Waals surface area contributed by atoms with Crippen molar-refractivity contribution in [3.05, 3.63) is 24.3 Å². The number of anilines is 2. The van der Waals surface area contributed by atoms with Crippen LogP contribution in [0.3, 0.4) is 0 Å². The van der Waals surface area contributed by atoms with Gasteiger partial charge in [0.05, 0.1) is 0 Å². The SMILES string of the molecule is CNC(=O)Nc1ccc(NC(=O)C2CCC(N)C2)cc1. The van der Waals surface area contributed by atoms with Gasteiger partial charge in [0.2, 0.25) is 5.91 Å². The second-order valence-electron chi connectivity index (χ2n) is 5.04. The van der Waals surface area contributed by atoms with Crippen molar-refractivity contribution in [3.63, 3.8) is 0 Å². The Labute approximate surface area is 118 Å². The maximum Gasteiger partial charge on any atom is 0.318 e. The molecular weight excluding hydrogens is 256 g/mol. The van der Waals surface area contributed by atoms with Gasteiger partial charge in [0.25, 0.3) is 0 Å². The third-order valence-corrected chi connectivity index (χ3v) is 3.48. The lowest BCUT2D eigenvalue weighted by Gasteiger charge is -2.11. The van der Waals surface area contributed by atoms with E-state index in [1.54, 1.807) is 31.3 Å². The third kappa shape index (κ3) is 3.71. The van der Waals surface area contributed by atoms with Crippen LogP contribution in [0.1, 0.15) is 19.3 Å². The molecule has 6 heteroatoms. The van der Waals surface area contributed by atoms with Crippen molar-refractivity contribution in [2.75, 3.05) is 17.7 Å². The van der Waals surface area contributed by atoms with Gasteiger partial charge in [0.1, 0.15) is 0 Å². The summed E-state index contributed by atoms with van der Waals surface area (Å²) in [6, 6.07) is 6.87. The Kier molecular flexibility index (Phi) is 4.57. The summed E-state index contributed by atoms with van der Waals surface area (Å²) in [7, 11) is 1.55. The van der Waals surface area contributed by atoms with Gasteiger partial charge in [0, 0.05) is 30.4 Å². The summed E-state index contributed by atoms with van der Waals surface area (Å²) in [5.41, 5.74) is 7.20. The van der Waals surface area contributed by atoms with Crippen molar-refractivity contribution < 1.29 is 9.59 Å². The molecule has 0 aliphatic heterocycles. The lowest BCUT2D eigenvalue weighted by atomic mass is 10.1. The number of hydrogen-bond acceptors (Lipinski definition) is 3. The molecule has 1 aromatic rings. The highest BCUT2D eigenvalue weighted by atomic mass is 16.2. The van der Waals surface area contributed by atoms with Crippen LogP contribution in [0.5, 0.6) is 0 Å². The molecule has 2 atom stereocenters. The molecule has 6 nitrogen and oxygen atoms in total. The Bertz CT molecular complexity index is 486. The summed E-state index contributed by atoms with van der Waals surface area (Å²) in [6.45, 7) is 0. The minimum absolute atomic E-state index is 0.00803. The zero-order chi connectivity index (χ0) is 14.5. The fourth-order valence-electron chi connectivity index (χ4n) is 2.33. The highest BCUT2D eigenvalue weighted by Gasteiger charge is 2.27. The van der Waals surface area contributed by atoms with Gasteiger partial charge in [-0.25, -0.2) is 4.79 Å². The highest BCUT2D eigenvalue weighted by molar-refractivity contribution is 5.93. The molecule has 5 N–H and O–H groups in total. The summed E-state index contributed by atoms with van der Waals surface area (Å²) >= 11 is 0. The number of benzene rings is 1. The van der Waals surface area contributed by atoms with Gasteiger partial charge in [-0.15, -0.1) is 0 Å². The third-order valence-electron chi connectivity index (χ3n) is 3.48. The lowest BCUT2D eigenvalue weighted by molar-refractivity contribution is -0.119. The predicted octanol–water partition coefficient (Wildman–Crippen LogP) is 1.50. The van der Waals surface area contributed by atoms with E-state index in [1.807, 2.05) is 0 Å². The molecule has 1 fully saturated rings. The van der Waals surface area contributed by atoms with Gasteiger partial charge in [-0.1, -0.05) is 0 Å². The molecule has 1 aliphatic rings. The predicted molar refractivity (Wildman–Crippen MR) is 78.5 cm³/mol. The van der Waals surface area contributed by atoms with Crippen LogP contribution < -0.4 is 21.7 Å². The smallest absolute Gasteiger partial charge is 0.318 e. The Hall–Kier alpha value is -2.08. The molecular formula is C14H20N4O2. The Balaban J connectivity index is 1.90. The van der Waals surface area contributed by atoms with Crippen molar-refractivity contribution in [2.24, 2.45) is 11.7 Å². The minimum atomic E-state index is -0.276. The quantitative estimate of drug-likeness (QED) is 0.673. The molecule has 1 saturated carbocycles. The molecule has 0 radical (unpaired) electrons. The lowest BCUT2D eigenvalue weighted by Crippen LogP contribution is -2.24. The van der Waals surface area contributed by atoms with E-state index < -0.39 is 0 Å². The van der Waals surface area contributed by atoms with E-state index in [-0.39, 0.29) is 23.9 Å². The largest absolute Gasteiger partial charge is 0.341 e. The molecule has 2 rings (SSSR count). The van der Waals surface area contributed by atoms with Crippen molar-refractivity contribution in [1.29, 1.82) is 0 Å². The average Bonchev–Trinajstić information content (AvgIpc) is 2.87. The first-order valence-electron chi connectivity index (χ1n) is 6.73. The molecule has 3 amide bonds. The Morgan fingerprint density at radius 2 is 1.70 bits per heavy atom. The van der Waals surface area contributed by atoms with Crippen molar-refractivity contribution in [3.8, 4) is 0 Å². The second kappa shape index (κ2) is 6.38. The molecule has 0 aromatic heterocycles. The summed E-state index contributed by atoms with van der Waals surface area (Å²) in [4.78, 5) is 23.2. The van der Waals surface area contributed by atoms with Crippen LogP contribution in [0.4, 0.5) is 16.2 Å². The zero-order valence-corrected chi connectivity index (χ0v) is 11.5. The summed E-state index contributed by atoms with van der Waals surface area (Å²) in [5, 5.41) is 8.00. The van der Waals surface area contributed by atoms with Gasteiger partial charge < -0.3 is 21.7 Å². The monoisotopic (exact) mass is 276 g/mol. The summed E-state index contributed by atoms with van der Waals surface area (Å²) in [5.74, 6) is 0.0265. The summed E-state index contributed by atoms with van der Waals surface area (Å²) in [6.07, 6.45) is 2.51. The molecule has 0 bridgehead atoms. The number of urea groups is 1. The maximum absolute atomic E-state index is 12.0. The van der Waals surface area contributed by atoms with Crippen LogP contribution in [0.15, 0.2) is 24.3 Å². The van der Waals surface area contributed by atoms with Crippen LogP contribution in [0, 0.1) is 5.92 Å². The zero-order valence-electron chi connectivity index (χ0n) is 11.5. The van der Waals surface area contributed by atoms with E-state index in [2.05, 4.69) is 16.0 Å². The molecule has 1 aromatic carbocycles. The Morgan fingerprint density at radius 3 is 2.20 bits per heavy atom. The number of nitrogens with one attached hydrogen (secondary N) is 3. The van der Waals surface area contributed by atoms with Crippen molar-refractivity contribution in [2.45, 2.75) is 25.3 Å². The molecule has 108 valence electrons. The number of carbonyl (C=O) groups excluding carboxylic acids is 2. The molecule has 0 heterocycles. The van der Waals surface area contributed by atoms with Gasteiger partial charge in [-0.3, -0.25) is 4.79 Å². The molecule has 2 unspecified atom stereocenters. The van der Waals surface area contributed by atoms with E-state index in [0.717, 1.165) is 24.9 Å². The van der Waals surface area contributed by atoms with E-state index >= 15 is 0 Å².